The summed E-state index contributed by atoms with van der Waals surface area (Å²) in [5, 5.41) is 11.8. The lowest BCUT2D eigenvalue weighted by atomic mass is 10.1. The van der Waals surface area contributed by atoms with Crippen LogP contribution in [0.5, 0.6) is 0 Å². The van der Waals surface area contributed by atoms with Crippen molar-refractivity contribution < 1.29 is 23.2 Å². The lowest BCUT2D eigenvalue weighted by molar-refractivity contribution is 0.0631. The summed E-state index contributed by atoms with van der Waals surface area (Å²) in [5.41, 5.74) is 1.42. The highest BCUT2D eigenvalue weighted by atomic mass is 16.4. The molecule has 8 nitrogen and oxygen atoms in total. The van der Waals surface area contributed by atoms with Gasteiger partial charge in [0.15, 0.2) is 0 Å². The summed E-state index contributed by atoms with van der Waals surface area (Å²) in [5.74, 6) is -0.446. The van der Waals surface area contributed by atoms with E-state index in [0.717, 1.165) is 4.90 Å². The van der Waals surface area contributed by atoms with E-state index in [1.165, 1.54) is 24.5 Å². The van der Waals surface area contributed by atoms with Crippen molar-refractivity contribution >= 4 is 23.6 Å². The molecule has 0 aliphatic carbocycles. The molecule has 3 aromatic rings. The third-order valence-corrected chi connectivity index (χ3v) is 4.85. The molecule has 0 unspecified atom stereocenters. The molecule has 144 valence electrons. The van der Waals surface area contributed by atoms with Gasteiger partial charge in [-0.2, -0.15) is 5.26 Å². The van der Waals surface area contributed by atoms with Crippen LogP contribution in [0.1, 0.15) is 53.7 Å². The first-order valence-electron chi connectivity index (χ1n) is 8.74. The molecule has 8 heteroatoms. The molecule has 1 aromatic carbocycles. The second-order valence-electron chi connectivity index (χ2n) is 6.59. The normalized spacial score (nSPS) is 12.8. The number of fused-ring (bicyclic) bond motifs is 1. The second-order valence-corrected chi connectivity index (χ2v) is 6.59. The monoisotopic (exact) mass is 389 g/mol. The Bertz CT molecular complexity index is 1200. The Kier molecular flexibility index (Phi) is 4.28. The highest BCUT2D eigenvalue weighted by molar-refractivity contribution is 6.22. The third kappa shape index (κ3) is 2.99. The molecule has 0 radical (unpaired) electrons. The van der Waals surface area contributed by atoms with Gasteiger partial charge in [-0.05, 0) is 44.2 Å². The van der Waals surface area contributed by atoms with Gasteiger partial charge in [-0.25, -0.2) is 0 Å². The summed E-state index contributed by atoms with van der Waals surface area (Å²) in [7, 11) is 0. The number of rotatable bonds is 4. The van der Waals surface area contributed by atoms with Crippen LogP contribution in [0.15, 0.2) is 45.4 Å². The largest absolute Gasteiger partial charge is 0.467 e. The van der Waals surface area contributed by atoms with Crippen molar-refractivity contribution in [1.82, 2.24) is 4.90 Å². The van der Waals surface area contributed by atoms with Gasteiger partial charge in [0, 0.05) is 11.1 Å². The van der Waals surface area contributed by atoms with Crippen LogP contribution in [-0.4, -0.2) is 22.6 Å². The topological polar surface area (TPSA) is 117 Å². The summed E-state index contributed by atoms with van der Waals surface area (Å²) in [6.07, 6.45) is 1.46. The molecule has 2 aromatic heterocycles. The van der Waals surface area contributed by atoms with Gasteiger partial charge in [-0.15, -0.1) is 0 Å². The fourth-order valence-electron chi connectivity index (χ4n) is 3.16. The second kappa shape index (κ2) is 6.80. The number of nitriles is 1. The molecule has 0 bridgehead atoms. The zero-order valence-corrected chi connectivity index (χ0v) is 15.6. The zero-order chi connectivity index (χ0) is 20.7. The maximum Gasteiger partial charge on any atom is 0.261 e. The molecular weight excluding hydrogens is 374 g/mol. The standard InChI is InChI=1S/C21H15N3O5/c1-11-12(2)29-19(17(11)9-22)23-18(25)13-5-6-15-16(8-13)21(27)24(20(15)26)10-14-4-3-7-28-14/h3-8H,10H2,1-2H3,(H,23,25). The average Bonchev–Trinajstić information content (AvgIpc) is 3.38. The molecule has 29 heavy (non-hydrogen) atoms. The van der Waals surface area contributed by atoms with Crippen LogP contribution >= 0.6 is 0 Å². The first-order chi connectivity index (χ1) is 13.9. The zero-order valence-electron chi connectivity index (χ0n) is 15.6. The van der Waals surface area contributed by atoms with Gasteiger partial charge in [0.05, 0.1) is 23.9 Å². The number of anilines is 1. The number of nitrogens with zero attached hydrogens (tertiary/aromatic N) is 2. The van der Waals surface area contributed by atoms with Gasteiger partial charge in [0.2, 0.25) is 5.88 Å². The van der Waals surface area contributed by atoms with Crippen LogP contribution in [-0.2, 0) is 6.54 Å². The molecule has 1 N–H and O–H groups in total. The predicted octanol–water partition coefficient (Wildman–Crippen LogP) is 3.41. The Morgan fingerprint density at radius 1 is 1.17 bits per heavy atom. The number of amides is 3. The fraction of sp³-hybridized carbons (Fsp3) is 0.143. The van der Waals surface area contributed by atoms with Gasteiger partial charge in [-0.3, -0.25) is 24.6 Å². The van der Waals surface area contributed by atoms with Crippen molar-refractivity contribution in [3.63, 3.8) is 0 Å². The quantitative estimate of drug-likeness (QED) is 0.684. The Balaban J connectivity index is 1.60. The number of carbonyl (C=O) groups is 3. The number of carbonyl (C=O) groups excluding carboxylic acids is 3. The minimum absolute atomic E-state index is 0.0113. The molecule has 0 atom stereocenters. The minimum Gasteiger partial charge on any atom is -0.467 e. The van der Waals surface area contributed by atoms with E-state index in [9.17, 15) is 19.6 Å². The van der Waals surface area contributed by atoms with E-state index in [4.69, 9.17) is 8.83 Å². The molecule has 0 saturated carbocycles. The maximum atomic E-state index is 12.7. The van der Waals surface area contributed by atoms with Crippen molar-refractivity contribution in [2.45, 2.75) is 20.4 Å². The van der Waals surface area contributed by atoms with E-state index in [1.807, 2.05) is 6.07 Å². The number of hydrogen-bond donors (Lipinski definition) is 1. The van der Waals surface area contributed by atoms with Crippen LogP contribution in [0.25, 0.3) is 0 Å². The van der Waals surface area contributed by atoms with Crippen molar-refractivity contribution in [2.75, 3.05) is 5.32 Å². The van der Waals surface area contributed by atoms with Crippen molar-refractivity contribution in [1.29, 1.82) is 5.26 Å². The summed E-state index contributed by atoms with van der Waals surface area (Å²) in [6.45, 7) is 3.43. The Hall–Kier alpha value is -4.12. The number of hydrogen-bond acceptors (Lipinski definition) is 6. The Morgan fingerprint density at radius 2 is 1.93 bits per heavy atom. The summed E-state index contributed by atoms with van der Waals surface area (Å²) in [4.78, 5) is 38.9. The number of aryl methyl sites for hydroxylation is 1. The van der Waals surface area contributed by atoms with E-state index in [-0.39, 0.29) is 34.7 Å². The number of nitrogens with one attached hydrogen (secondary N) is 1. The van der Waals surface area contributed by atoms with Gasteiger partial charge in [0.25, 0.3) is 17.7 Å². The molecular formula is C21H15N3O5. The molecule has 1 aliphatic heterocycles. The average molecular weight is 389 g/mol. The first kappa shape index (κ1) is 18.3. The molecule has 4 rings (SSSR count). The van der Waals surface area contributed by atoms with Gasteiger partial charge in [-0.1, -0.05) is 0 Å². The summed E-state index contributed by atoms with van der Waals surface area (Å²) >= 11 is 0. The Morgan fingerprint density at radius 3 is 2.62 bits per heavy atom. The highest BCUT2D eigenvalue weighted by Crippen LogP contribution is 2.28. The highest BCUT2D eigenvalue weighted by Gasteiger charge is 2.36. The van der Waals surface area contributed by atoms with E-state index in [2.05, 4.69) is 5.32 Å². The van der Waals surface area contributed by atoms with Gasteiger partial charge < -0.3 is 8.83 Å². The van der Waals surface area contributed by atoms with Crippen LogP contribution in [0.4, 0.5) is 5.88 Å². The summed E-state index contributed by atoms with van der Waals surface area (Å²) in [6, 6.07) is 9.59. The van der Waals surface area contributed by atoms with Crippen LogP contribution < -0.4 is 5.32 Å². The lowest BCUT2D eigenvalue weighted by Crippen LogP contribution is -2.28. The molecule has 3 amide bonds. The van der Waals surface area contributed by atoms with Gasteiger partial charge in [0.1, 0.15) is 23.2 Å². The van der Waals surface area contributed by atoms with Crippen LogP contribution in [0.3, 0.4) is 0 Å². The van der Waals surface area contributed by atoms with Crippen molar-refractivity contribution in [3.05, 3.63) is 75.9 Å². The van der Waals surface area contributed by atoms with Crippen LogP contribution in [0.2, 0.25) is 0 Å². The van der Waals surface area contributed by atoms with E-state index >= 15 is 0 Å². The third-order valence-electron chi connectivity index (χ3n) is 4.85. The molecule has 0 spiro atoms. The van der Waals surface area contributed by atoms with E-state index in [0.29, 0.717) is 17.1 Å². The minimum atomic E-state index is -0.553. The first-order valence-corrected chi connectivity index (χ1v) is 8.74. The van der Waals surface area contributed by atoms with Gasteiger partial charge >= 0.3 is 0 Å². The number of furan rings is 2. The smallest absolute Gasteiger partial charge is 0.261 e. The number of benzene rings is 1. The van der Waals surface area contributed by atoms with E-state index in [1.54, 1.807) is 26.0 Å². The molecule has 3 heterocycles. The molecule has 0 fully saturated rings. The van der Waals surface area contributed by atoms with E-state index < -0.39 is 17.7 Å². The fourth-order valence-corrected chi connectivity index (χ4v) is 3.16. The maximum absolute atomic E-state index is 12.7. The van der Waals surface area contributed by atoms with Crippen molar-refractivity contribution in [2.24, 2.45) is 0 Å². The Labute approximate surface area is 165 Å². The number of imide groups is 1. The SMILES string of the molecule is Cc1oc(NC(=O)c2ccc3c(c2)C(=O)N(Cc2ccco2)C3=O)c(C#N)c1C. The predicted molar refractivity (Wildman–Crippen MR) is 100 cm³/mol. The molecule has 1 aliphatic rings. The summed E-state index contributed by atoms with van der Waals surface area (Å²) < 4.78 is 10.6. The van der Waals surface area contributed by atoms with Crippen LogP contribution in [0, 0.1) is 25.2 Å². The lowest BCUT2D eigenvalue weighted by Gasteiger charge is -2.11. The van der Waals surface area contributed by atoms with Crippen molar-refractivity contribution in [3.8, 4) is 6.07 Å². The molecule has 0 saturated heterocycles.